The molecular weight excluding hydrogens is 200 g/mol. The SMILES string of the molecule is CC#CCCNC(=O)c1cc(N)ccc1C. The maximum Gasteiger partial charge on any atom is 0.251 e. The Kier molecular flexibility index (Phi) is 4.41. The van der Waals surface area contributed by atoms with Crippen LogP contribution in [0.1, 0.15) is 29.3 Å². The van der Waals surface area contributed by atoms with Gasteiger partial charge in [-0.15, -0.1) is 11.8 Å². The van der Waals surface area contributed by atoms with Gasteiger partial charge in [0.2, 0.25) is 0 Å². The van der Waals surface area contributed by atoms with Gasteiger partial charge in [0.25, 0.3) is 5.91 Å². The Morgan fingerprint density at radius 1 is 1.50 bits per heavy atom. The molecule has 0 aromatic heterocycles. The van der Waals surface area contributed by atoms with Crippen LogP contribution in [-0.2, 0) is 0 Å². The summed E-state index contributed by atoms with van der Waals surface area (Å²) in [6, 6.07) is 5.32. The van der Waals surface area contributed by atoms with Crippen molar-refractivity contribution in [2.24, 2.45) is 0 Å². The van der Waals surface area contributed by atoms with Gasteiger partial charge in [0.1, 0.15) is 0 Å². The van der Waals surface area contributed by atoms with E-state index in [-0.39, 0.29) is 5.91 Å². The molecule has 84 valence electrons. The summed E-state index contributed by atoms with van der Waals surface area (Å²) >= 11 is 0. The Labute approximate surface area is 96.0 Å². The Morgan fingerprint density at radius 2 is 2.25 bits per heavy atom. The Morgan fingerprint density at radius 3 is 2.94 bits per heavy atom. The van der Waals surface area contributed by atoms with Crippen LogP contribution in [-0.4, -0.2) is 12.5 Å². The molecule has 0 atom stereocenters. The van der Waals surface area contributed by atoms with E-state index >= 15 is 0 Å². The normalized spacial score (nSPS) is 9.12. The van der Waals surface area contributed by atoms with Crippen LogP contribution in [0.3, 0.4) is 0 Å². The van der Waals surface area contributed by atoms with Crippen LogP contribution in [0, 0.1) is 18.8 Å². The summed E-state index contributed by atoms with van der Waals surface area (Å²) in [6.45, 7) is 4.23. The maximum atomic E-state index is 11.8. The lowest BCUT2D eigenvalue weighted by Crippen LogP contribution is -2.25. The largest absolute Gasteiger partial charge is 0.399 e. The number of nitrogen functional groups attached to an aromatic ring is 1. The number of aryl methyl sites for hydroxylation is 1. The van der Waals surface area contributed by atoms with E-state index in [0.29, 0.717) is 24.2 Å². The topological polar surface area (TPSA) is 55.1 Å². The molecule has 0 saturated heterocycles. The number of anilines is 1. The van der Waals surface area contributed by atoms with E-state index in [1.807, 2.05) is 13.0 Å². The first-order valence-corrected chi connectivity index (χ1v) is 5.19. The number of amides is 1. The summed E-state index contributed by atoms with van der Waals surface area (Å²) in [5.74, 6) is 5.58. The highest BCUT2D eigenvalue weighted by atomic mass is 16.1. The summed E-state index contributed by atoms with van der Waals surface area (Å²) < 4.78 is 0. The maximum absolute atomic E-state index is 11.8. The molecule has 0 saturated carbocycles. The second-order valence-corrected chi connectivity index (χ2v) is 3.51. The van der Waals surface area contributed by atoms with Gasteiger partial charge >= 0.3 is 0 Å². The number of carbonyl (C=O) groups is 1. The number of nitrogens with two attached hydrogens (primary N) is 1. The van der Waals surface area contributed by atoms with Crippen LogP contribution < -0.4 is 11.1 Å². The van der Waals surface area contributed by atoms with Gasteiger partial charge in [0.15, 0.2) is 0 Å². The fraction of sp³-hybridized carbons (Fsp3) is 0.308. The first-order chi connectivity index (χ1) is 7.65. The third-order valence-electron chi connectivity index (χ3n) is 2.22. The van der Waals surface area contributed by atoms with Crippen LogP contribution in [0.5, 0.6) is 0 Å². The molecule has 0 aliphatic carbocycles. The molecule has 0 heterocycles. The summed E-state index contributed by atoms with van der Waals surface area (Å²) in [7, 11) is 0. The number of hydrogen-bond acceptors (Lipinski definition) is 2. The molecule has 16 heavy (non-hydrogen) atoms. The molecule has 1 aromatic carbocycles. The van der Waals surface area contributed by atoms with Crippen molar-refractivity contribution in [2.45, 2.75) is 20.3 Å². The minimum Gasteiger partial charge on any atom is -0.399 e. The Hall–Kier alpha value is -1.95. The van der Waals surface area contributed by atoms with Crippen molar-refractivity contribution < 1.29 is 4.79 Å². The van der Waals surface area contributed by atoms with E-state index in [1.54, 1.807) is 19.1 Å². The standard InChI is InChI=1S/C13H16N2O/c1-3-4-5-8-15-13(16)12-9-11(14)7-6-10(12)2/h6-7,9H,5,8,14H2,1-2H3,(H,15,16). The van der Waals surface area contributed by atoms with Crippen molar-refractivity contribution in [2.75, 3.05) is 12.3 Å². The van der Waals surface area contributed by atoms with Crippen LogP contribution in [0.2, 0.25) is 0 Å². The van der Waals surface area contributed by atoms with Crippen molar-refractivity contribution in [1.29, 1.82) is 0 Å². The predicted octanol–water partition coefficient (Wildman–Crippen LogP) is 1.72. The molecule has 3 nitrogen and oxygen atoms in total. The van der Waals surface area contributed by atoms with E-state index in [4.69, 9.17) is 5.73 Å². The van der Waals surface area contributed by atoms with E-state index < -0.39 is 0 Å². The summed E-state index contributed by atoms with van der Waals surface area (Å²) in [4.78, 5) is 11.8. The van der Waals surface area contributed by atoms with Crippen LogP contribution in [0.15, 0.2) is 18.2 Å². The number of carbonyl (C=O) groups excluding carboxylic acids is 1. The minimum atomic E-state index is -0.0947. The molecule has 0 aliphatic rings. The average Bonchev–Trinajstić information content (AvgIpc) is 2.27. The second-order valence-electron chi connectivity index (χ2n) is 3.51. The van der Waals surface area contributed by atoms with Crippen LogP contribution in [0.4, 0.5) is 5.69 Å². The molecule has 0 unspecified atom stereocenters. The monoisotopic (exact) mass is 216 g/mol. The highest BCUT2D eigenvalue weighted by Crippen LogP contribution is 2.12. The molecule has 0 fully saturated rings. The molecule has 3 heteroatoms. The Bertz CT molecular complexity index is 441. The van der Waals surface area contributed by atoms with Gasteiger partial charge in [-0.05, 0) is 31.5 Å². The molecule has 3 N–H and O–H groups in total. The van der Waals surface area contributed by atoms with Crippen LogP contribution in [0.25, 0.3) is 0 Å². The molecule has 1 aromatic rings. The van der Waals surface area contributed by atoms with Gasteiger partial charge in [0, 0.05) is 24.2 Å². The third-order valence-corrected chi connectivity index (χ3v) is 2.22. The Balaban J connectivity index is 2.64. The zero-order chi connectivity index (χ0) is 12.0. The predicted molar refractivity (Wildman–Crippen MR) is 66.0 cm³/mol. The van der Waals surface area contributed by atoms with Crippen molar-refractivity contribution >= 4 is 11.6 Å². The van der Waals surface area contributed by atoms with Gasteiger partial charge in [-0.2, -0.15) is 0 Å². The number of rotatable bonds is 3. The van der Waals surface area contributed by atoms with Gasteiger partial charge < -0.3 is 11.1 Å². The number of hydrogen-bond donors (Lipinski definition) is 2. The zero-order valence-corrected chi connectivity index (χ0v) is 9.63. The minimum absolute atomic E-state index is 0.0947. The highest BCUT2D eigenvalue weighted by molar-refractivity contribution is 5.96. The van der Waals surface area contributed by atoms with Crippen LogP contribution >= 0.6 is 0 Å². The first kappa shape index (κ1) is 12.1. The smallest absolute Gasteiger partial charge is 0.251 e. The summed E-state index contributed by atoms with van der Waals surface area (Å²) in [5.41, 5.74) is 7.79. The molecular formula is C13H16N2O. The van der Waals surface area contributed by atoms with Gasteiger partial charge in [-0.3, -0.25) is 4.79 Å². The summed E-state index contributed by atoms with van der Waals surface area (Å²) in [5, 5.41) is 2.80. The summed E-state index contributed by atoms with van der Waals surface area (Å²) in [6.07, 6.45) is 0.670. The van der Waals surface area contributed by atoms with Gasteiger partial charge in [-0.1, -0.05) is 6.07 Å². The van der Waals surface area contributed by atoms with E-state index in [0.717, 1.165) is 5.56 Å². The lowest BCUT2D eigenvalue weighted by atomic mass is 10.1. The molecule has 1 rings (SSSR count). The van der Waals surface area contributed by atoms with E-state index in [2.05, 4.69) is 17.2 Å². The fourth-order valence-corrected chi connectivity index (χ4v) is 1.34. The van der Waals surface area contributed by atoms with E-state index in [1.165, 1.54) is 0 Å². The molecule has 0 bridgehead atoms. The molecule has 0 radical (unpaired) electrons. The number of benzene rings is 1. The molecule has 0 aliphatic heterocycles. The lowest BCUT2D eigenvalue weighted by molar-refractivity contribution is 0.0954. The van der Waals surface area contributed by atoms with Crippen molar-refractivity contribution in [3.05, 3.63) is 29.3 Å². The lowest BCUT2D eigenvalue weighted by Gasteiger charge is -2.07. The zero-order valence-electron chi connectivity index (χ0n) is 9.63. The second kappa shape index (κ2) is 5.82. The average molecular weight is 216 g/mol. The van der Waals surface area contributed by atoms with Crippen molar-refractivity contribution in [3.63, 3.8) is 0 Å². The third kappa shape index (κ3) is 3.32. The quantitative estimate of drug-likeness (QED) is 0.459. The van der Waals surface area contributed by atoms with E-state index in [9.17, 15) is 4.79 Å². The molecule has 1 amide bonds. The van der Waals surface area contributed by atoms with Crippen molar-refractivity contribution in [1.82, 2.24) is 5.32 Å². The fourth-order valence-electron chi connectivity index (χ4n) is 1.34. The number of nitrogens with one attached hydrogen (secondary N) is 1. The first-order valence-electron chi connectivity index (χ1n) is 5.19. The highest BCUT2D eigenvalue weighted by Gasteiger charge is 2.07. The van der Waals surface area contributed by atoms with Gasteiger partial charge in [0.05, 0.1) is 0 Å². The molecule has 0 spiro atoms. The van der Waals surface area contributed by atoms with Gasteiger partial charge in [-0.25, -0.2) is 0 Å². The van der Waals surface area contributed by atoms with Crippen molar-refractivity contribution in [3.8, 4) is 11.8 Å².